The SMILES string of the molecule is CC1CCC(n2ccc3ccc(Cl)cc32)CC1. The van der Waals surface area contributed by atoms with Crippen molar-refractivity contribution >= 4 is 22.5 Å². The van der Waals surface area contributed by atoms with Gasteiger partial charge in [0.1, 0.15) is 0 Å². The average molecular weight is 248 g/mol. The van der Waals surface area contributed by atoms with Crippen LogP contribution in [0.4, 0.5) is 0 Å². The van der Waals surface area contributed by atoms with Crippen molar-refractivity contribution in [3.63, 3.8) is 0 Å². The lowest BCUT2D eigenvalue weighted by molar-refractivity contribution is 0.294. The van der Waals surface area contributed by atoms with E-state index in [0.29, 0.717) is 6.04 Å². The van der Waals surface area contributed by atoms with Gasteiger partial charge in [-0.3, -0.25) is 0 Å². The smallest absolute Gasteiger partial charge is 0.0497 e. The summed E-state index contributed by atoms with van der Waals surface area (Å²) in [7, 11) is 0. The molecule has 1 aliphatic rings. The molecule has 0 N–H and O–H groups in total. The molecule has 0 amide bonds. The number of halogens is 1. The monoisotopic (exact) mass is 247 g/mol. The summed E-state index contributed by atoms with van der Waals surface area (Å²) in [6.07, 6.45) is 7.53. The van der Waals surface area contributed by atoms with Gasteiger partial charge in [0.2, 0.25) is 0 Å². The minimum atomic E-state index is 0.669. The van der Waals surface area contributed by atoms with Crippen molar-refractivity contribution in [1.82, 2.24) is 4.57 Å². The second-order valence-corrected chi connectivity index (χ2v) is 5.78. The fourth-order valence-electron chi connectivity index (χ4n) is 2.96. The molecular weight excluding hydrogens is 230 g/mol. The fraction of sp³-hybridized carbons (Fsp3) is 0.467. The lowest BCUT2D eigenvalue weighted by atomic mass is 9.87. The molecule has 0 spiro atoms. The third-order valence-corrected chi connectivity index (χ3v) is 4.30. The highest BCUT2D eigenvalue weighted by Gasteiger charge is 2.20. The van der Waals surface area contributed by atoms with E-state index < -0.39 is 0 Å². The third-order valence-electron chi connectivity index (χ3n) is 4.06. The molecule has 1 aromatic carbocycles. The van der Waals surface area contributed by atoms with Crippen LogP contribution in [-0.4, -0.2) is 4.57 Å². The second kappa shape index (κ2) is 4.38. The van der Waals surface area contributed by atoms with Gasteiger partial charge in [-0.05, 0) is 55.2 Å². The summed E-state index contributed by atoms with van der Waals surface area (Å²) in [6, 6.07) is 9.04. The Bertz CT molecular complexity index is 521. The highest BCUT2D eigenvalue weighted by molar-refractivity contribution is 6.31. The lowest BCUT2D eigenvalue weighted by Crippen LogP contribution is -2.15. The summed E-state index contributed by atoms with van der Waals surface area (Å²) in [6.45, 7) is 2.36. The summed E-state index contributed by atoms with van der Waals surface area (Å²) in [4.78, 5) is 0. The van der Waals surface area contributed by atoms with E-state index >= 15 is 0 Å². The minimum absolute atomic E-state index is 0.669. The number of nitrogens with zero attached hydrogens (tertiary/aromatic N) is 1. The highest BCUT2D eigenvalue weighted by Crippen LogP contribution is 2.34. The number of hydrogen-bond acceptors (Lipinski definition) is 0. The van der Waals surface area contributed by atoms with Gasteiger partial charge < -0.3 is 4.57 Å². The Labute approximate surface area is 107 Å². The van der Waals surface area contributed by atoms with Gasteiger partial charge in [-0.2, -0.15) is 0 Å². The van der Waals surface area contributed by atoms with Gasteiger partial charge in [0.25, 0.3) is 0 Å². The van der Waals surface area contributed by atoms with Crippen LogP contribution >= 0.6 is 11.6 Å². The van der Waals surface area contributed by atoms with Gasteiger partial charge in [0, 0.05) is 22.8 Å². The lowest BCUT2D eigenvalue weighted by Gasteiger charge is -2.28. The zero-order chi connectivity index (χ0) is 11.8. The number of benzene rings is 1. The van der Waals surface area contributed by atoms with E-state index in [1.807, 2.05) is 6.07 Å². The predicted molar refractivity (Wildman–Crippen MR) is 73.6 cm³/mol. The van der Waals surface area contributed by atoms with E-state index in [0.717, 1.165) is 10.9 Å². The molecule has 90 valence electrons. The maximum Gasteiger partial charge on any atom is 0.0497 e. The van der Waals surface area contributed by atoms with Crippen molar-refractivity contribution in [2.45, 2.75) is 38.6 Å². The third kappa shape index (κ3) is 2.09. The first-order valence-electron chi connectivity index (χ1n) is 6.50. The van der Waals surface area contributed by atoms with Crippen LogP contribution in [0.1, 0.15) is 38.6 Å². The first-order valence-corrected chi connectivity index (χ1v) is 6.88. The maximum absolute atomic E-state index is 6.10. The first-order chi connectivity index (χ1) is 8.24. The molecule has 0 atom stereocenters. The molecule has 1 aliphatic carbocycles. The van der Waals surface area contributed by atoms with Crippen molar-refractivity contribution in [1.29, 1.82) is 0 Å². The Kier molecular flexibility index (Phi) is 2.87. The molecule has 1 heterocycles. The fourth-order valence-corrected chi connectivity index (χ4v) is 3.13. The molecule has 3 rings (SSSR count). The molecule has 2 aromatic rings. The average Bonchev–Trinajstić information content (AvgIpc) is 2.73. The summed E-state index contributed by atoms with van der Waals surface area (Å²) >= 11 is 6.10. The van der Waals surface area contributed by atoms with E-state index in [9.17, 15) is 0 Å². The molecule has 1 nitrogen and oxygen atoms in total. The molecule has 0 bridgehead atoms. The number of fused-ring (bicyclic) bond motifs is 1. The van der Waals surface area contributed by atoms with E-state index in [1.54, 1.807) is 0 Å². The molecule has 0 aliphatic heterocycles. The second-order valence-electron chi connectivity index (χ2n) is 5.34. The Balaban J connectivity index is 1.97. The van der Waals surface area contributed by atoms with Crippen LogP contribution in [0, 0.1) is 5.92 Å². The zero-order valence-corrected chi connectivity index (χ0v) is 11.0. The molecule has 0 saturated heterocycles. The van der Waals surface area contributed by atoms with Gasteiger partial charge in [-0.1, -0.05) is 24.6 Å². The number of rotatable bonds is 1. The van der Waals surface area contributed by atoms with Crippen LogP contribution in [-0.2, 0) is 0 Å². The van der Waals surface area contributed by atoms with Crippen LogP contribution in [0.5, 0.6) is 0 Å². The van der Waals surface area contributed by atoms with Crippen molar-refractivity contribution in [3.05, 3.63) is 35.5 Å². The highest BCUT2D eigenvalue weighted by atomic mass is 35.5. The van der Waals surface area contributed by atoms with E-state index in [1.165, 1.54) is 36.6 Å². The molecule has 1 aromatic heterocycles. The van der Waals surface area contributed by atoms with Crippen LogP contribution in [0.2, 0.25) is 5.02 Å². The maximum atomic E-state index is 6.10. The van der Waals surface area contributed by atoms with Crippen molar-refractivity contribution in [2.75, 3.05) is 0 Å². The van der Waals surface area contributed by atoms with E-state index in [4.69, 9.17) is 11.6 Å². The van der Waals surface area contributed by atoms with E-state index in [2.05, 4.69) is 35.9 Å². The van der Waals surface area contributed by atoms with Crippen LogP contribution in [0.25, 0.3) is 10.9 Å². The number of aromatic nitrogens is 1. The van der Waals surface area contributed by atoms with Gasteiger partial charge in [-0.25, -0.2) is 0 Å². The van der Waals surface area contributed by atoms with Crippen LogP contribution < -0.4 is 0 Å². The minimum Gasteiger partial charge on any atom is -0.344 e. The predicted octanol–water partition coefficient (Wildman–Crippen LogP) is 5.05. The molecule has 2 heteroatoms. The topological polar surface area (TPSA) is 4.93 Å². The molecular formula is C15H18ClN. The zero-order valence-electron chi connectivity index (χ0n) is 10.2. The Morgan fingerprint density at radius 2 is 1.88 bits per heavy atom. The number of hydrogen-bond donors (Lipinski definition) is 0. The Hall–Kier alpha value is -0.950. The van der Waals surface area contributed by atoms with Gasteiger partial charge >= 0.3 is 0 Å². The van der Waals surface area contributed by atoms with Gasteiger partial charge in [0.15, 0.2) is 0 Å². The summed E-state index contributed by atoms with van der Waals surface area (Å²) < 4.78 is 2.42. The molecule has 1 fully saturated rings. The van der Waals surface area contributed by atoms with E-state index in [-0.39, 0.29) is 0 Å². The molecule has 17 heavy (non-hydrogen) atoms. The van der Waals surface area contributed by atoms with Crippen molar-refractivity contribution in [3.8, 4) is 0 Å². The van der Waals surface area contributed by atoms with Gasteiger partial charge in [0.05, 0.1) is 0 Å². The Morgan fingerprint density at radius 3 is 2.65 bits per heavy atom. The van der Waals surface area contributed by atoms with Gasteiger partial charge in [-0.15, -0.1) is 0 Å². The molecule has 0 unspecified atom stereocenters. The molecule has 1 saturated carbocycles. The first kappa shape index (κ1) is 11.2. The molecule has 0 radical (unpaired) electrons. The van der Waals surface area contributed by atoms with Crippen LogP contribution in [0.15, 0.2) is 30.5 Å². The largest absolute Gasteiger partial charge is 0.344 e. The standard InChI is InChI=1S/C15H18ClN/c1-11-2-6-14(7-3-11)17-9-8-12-4-5-13(16)10-15(12)17/h4-5,8-11,14H,2-3,6-7H2,1H3. The Morgan fingerprint density at radius 1 is 1.12 bits per heavy atom. The summed E-state index contributed by atoms with van der Waals surface area (Å²) in [5.41, 5.74) is 1.29. The van der Waals surface area contributed by atoms with Crippen LogP contribution in [0.3, 0.4) is 0 Å². The summed E-state index contributed by atoms with van der Waals surface area (Å²) in [5.74, 6) is 0.900. The van der Waals surface area contributed by atoms with Crippen molar-refractivity contribution in [2.24, 2.45) is 5.92 Å². The quantitative estimate of drug-likeness (QED) is 0.665. The normalized spacial score (nSPS) is 25.3. The summed E-state index contributed by atoms with van der Waals surface area (Å²) in [5, 5.41) is 2.13. The van der Waals surface area contributed by atoms with Crippen molar-refractivity contribution < 1.29 is 0 Å².